The van der Waals surface area contributed by atoms with E-state index >= 15 is 0 Å². The van der Waals surface area contributed by atoms with Crippen molar-refractivity contribution in [2.75, 3.05) is 20.1 Å². The lowest BCUT2D eigenvalue weighted by molar-refractivity contribution is -0.143. The lowest BCUT2D eigenvalue weighted by Gasteiger charge is -2.35. The average molecular weight is 594 g/mol. The smallest absolute Gasteiger partial charge is 0.315 e. The zero-order valence-electron chi connectivity index (χ0n) is 27.9. The Kier molecular flexibility index (Phi) is 26.0. The van der Waals surface area contributed by atoms with E-state index in [0.29, 0.717) is 19.4 Å². The highest BCUT2D eigenvalue weighted by Crippen LogP contribution is 2.26. The molecular weight excluding hydrogens is 534 g/mol. The van der Waals surface area contributed by atoms with Crippen LogP contribution in [0.4, 0.5) is 4.79 Å². The van der Waals surface area contributed by atoms with Crippen molar-refractivity contribution in [2.24, 2.45) is 5.41 Å². The summed E-state index contributed by atoms with van der Waals surface area (Å²) in [4.78, 5) is 64.3. The first-order valence-electron chi connectivity index (χ1n) is 15.3. The van der Waals surface area contributed by atoms with Crippen molar-refractivity contribution >= 4 is 29.5 Å². The molecule has 3 atom stereocenters. The van der Waals surface area contributed by atoms with Gasteiger partial charge in [0.1, 0.15) is 12.1 Å². The number of terminal acetylenes is 1. The van der Waals surface area contributed by atoms with Crippen LogP contribution in [0.15, 0.2) is 12.7 Å². The number of hydrogen-bond donors (Lipinski definition) is 4. The maximum atomic E-state index is 13.3. The molecule has 42 heavy (non-hydrogen) atoms. The first-order valence-corrected chi connectivity index (χ1v) is 15.3. The topological polar surface area (TPSA) is 137 Å². The van der Waals surface area contributed by atoms with Crippen LogP contribution in [0.3, 0.4) is 0 Å². The van der Waals surface area contributed by atoms with E-state index in [1.165, 1.54) is 37.3 Å². The summed E-state index contributed by atoms with van der Waals surface area (Å²) in [6.45, 7) is 22.0. The maximum absolute atomic E-state index is 13.3. The minimum absolute atomic E-state index is 0.0894. The molecule has 0 aromatic rings. The monoisotopic (exact) mass is 593 g/mol. The molecule has 1 heterocycles. The summed E-state index contributed by atoms with van der Waals surface area (Å²) in [5.74, 6) is -0.196. The summed E-state index contributed by atoms with van der Waals surface area (Å²) in [6, 6.07) is -3.31. The molecular formula is C32H59N5O5. The van der Waals surface area contributed by atoms with Gasteiger partial charge < -0.3 is 26.2 Å². The number of carbonyl (C=O) groups is 5. The largest absolute Gasteiger partial charge is 0.346 e. The van der Waals surface area contributed by atoms with Gasteiger partial charge >= 0.3 is 6.03 Å². The Morgan fingerprint density at radius 3 is 2.02 bits per heavy atom. The van der Waals surface area contributed by atoms with Gasteiger partial charge in [-0.3, -0.25) is 19.2 Å². The number of urea groups is 1. The number of nitrogens with zero attached hydrogens (tertiary/aromatic N) is 1. The summed E-state index contributed by atoms with van der Waals surface area (Å²) < 4.78 is 0. The van der Waals surface area contributed by atoms with Gasteiger partial charge in [0, 0.05) is 26.6 Å². The fraction of sp³-hybridized carbons (Fsp3) is 0.719. The maximum Gasteiger partial charge on any atom is 0.315 e. The van der Waals surface area contributed by atoms with Gasteiger partial charge in [-0.15, -0.1) is 18.9 Å². The van der Waals surface area contributed by atoms with Crippen molar-refractivity contribution in [2.45, 2.75) is 125 Å². The number of rotatable bonds is 11. The molecule has 1 aliphatic heterocycles. The minimum atomic E-state index is -1.11. The molecule has 0 bridgehead atoms. The van der Waals surface area contributed by atoms with E-state index in [1.54, 1.807) is 0 Å². The predicted octanol–water partition coefficient (Wildman–Crippen LogP) is 4.34. The summed E-state index contributed by atoms with van der Waals surface area (Å²) in [7, 11) is 1.45. The molecule has 5 amide bonds. The summed E-state index contributed by atoms with van der Waals surface area (Å²) in [5, 5.41) is 10.1. The second-order valence-electron chi connectivity index (χ2n) is 10.6. The molecule has 4 N–H and O–H groups in total. The molecule has 242 valence electrons. The van der Waals surface area contributed by atoms with Crippen LogP contribution in [0.2, 0.25) is 0 Å². The van der Waals surface area contributed by atoms with Gasteiger partial charge in [0.2, 0.25) is 17.6 Å². The molecule has 0 aromatic carbocycles. The van der Waals surface area contributed by atoms with Crippen molar-refractivity contribution in [3.8, 4) is 12.3 Å². The summed E-state index contributed by atoms with van der Waals surface area (Å²) in [5.41, 5.74) is -0.609. The van der Waals surface area contributed by atoms with Crippen LogP contribution in [0, 0.1) is 17.8 Å². The average Bonchev–Trinajstić information content (AvgIpc) is 3.47. The van der Waals surface area contributed by atoms with E-state index in [1.807, 2.05) is 34.6 Å². The second-order valence-corrected chi connectivity index (χ2v) is 10.6. The third kappa shape index (κ3) is 17.5. The lowest BCUT2D eigenvalue weighted by Crippen LogP contribution is -2.59. The zero-order valence-corrected chi connectivity index (χ0v) is 27.9. The predicted molar refractivity (Wildman–Crippen MR) is 172 cm³/mol. The standard InChI is InChI=1S/C23H35N5O5.C4H10.C3H8.C2H6/c1-7-9-11-15(17(29)20(31)25-13-8-2)26-19(30)16-12-10-14-28(16)21(32)18(23(3,4)5)27-22(33)24-6;1-3-4-2;1-3-2;1-2/h1,8,15-16,18H,2,9-14H2,3-6H3,(H,25,31)(H,26,30)(H2,24,27,33);3-4H2,1-2H3;3H2,1-2H3;1-2H3. The van der Waals surface area contributed by atoms with Crippen molar-refractivity contribution in [3.05, 3.63) is 12.7 Å². The number of carbonyl (C=O) groups excluding carboxylic acids is 5. The van der Waals surface area contributed by atoms with Gasteiger partial charge in [-0.25, -0.2) is 4.79 Å². The van der Waals surface area contributed by atoms with E-state index in [2.05, 4.69) is 61.5 Å². The van der Waals surface area contributed by atoms with Gasteiger partial charge in [-0.05, 0) is 24.7 Å². The number of Topliss-reactive ketones (excluding diaryl/α,β-unsaturated/α-hetero) is 1. The normalized spacial score (nSPS) is 14.8. The van der Waals surface area contributed by atoms with Crippen molar-refractivity contribution < 1.29 is 24.0 Å². The highest BCUT2D eigenvalue weighted by atomic mass is 16.2. The molecule has 10 heteroatoms. The Bertz CT molecular complexity index is 858. The third-order valence-electron chi connectivity index (χ3n) is 5.80. The second kappa shape index (κ2) is 25.4. The van der Waals surface area contributed by atoms with Gasteiger partial charge in [0.25, 0.3) is 5.91 Å². The number of hydrogen-bond acceptors (Lipinski definition) is 5. The lowest BCUT2D eigenvalue weighted by atomic mass is 9.85. The molecule has 0 radical (unpaired) electrons. The first-order chi connectivity index (χ1) is 19.8. The zero-order chi connectivity index (χ0) is 33.3. The van der Waals surface area contributed by atoms with Crippen molar-refractivity contribution in [3.63, 3.8) is 0 Å². The van der Waals surface area contributed by atoms with Crippen LogP contribution in [-0.4, -0.2) is 72.7 Å². The van der Waals surface area contributed by atoms with Gasteiger partial charge in [0.05, 0.1) is 6.04 Å². The van der Waals surface area contributed by atoms with E-state index in [0.717, 1.165) is 0 Å². The fourth-order valence-electron chi connectivity index (χ4n) is 3.50. The molecule has 0 spiro atoms. The Morgan fingerprint density at radius 1 is 1.05 bits per heavy atom. The SMILES string of the molecule is C#CCCC(NC(=O)C1CCCN1C(=O)C(NC(=O)NC)C(C)(C)C)C(=O)C(=O)NCC=C.CC.CCC.CCCC. The van der Waals surface area contributed by atoms with E-state index in [-0.39, 0.29) is 25.3 Å². The number of unbranched alkanes of at least 4 members (excludes halogenated alkanes) is 1. The number of likely N-dealkylation sites (tertiary alicyclic amines) is 1. The van der Waals surface area contributed by atoms with E-state index in [4.69, 9.17) is 6.42 Å². The van der Waals surface area contributed by atoms with Crippen molar-refractivity contribution in [1.29, 1.82) is 0 Å². The summed E-state index contributed by atoms with van der Waals surface area (Å²) >= 11 is 0. The van der Waals surface area contributed by atoms with Crippen LogP contribution in [-0.2, 0) is 19.2 Å². The van der Waals surface area contributed by atoms with Crippen LogP contribution in [0.1, 0.15) is 107 Å². The molecule has 1 saturated heterocycles. The highest BCUT2D eigenvalue weighted by Gasteiger charge is 2.42. The van der Waals surface area contributed by atoms with Crippen LogP contribution >= 0.6 is 0 Å². The number of amides is 5. The molecule has 0 aliphatic carbocycles. The van der Waals surface area contributed by atoms with Crippen LogP contribution in [0.25, 0.3) is 0 Å². The van der Waals surface area contributed by atoms with E-state index < -0.39 is 47.2 Å². The number of ketones is 1. The first kappa shape index (κ1) is 43.1. The quantitative estimate of drug-likeness (QED) is 0.161. The Labute approximate surface area is 255 Å². The Balaban J connectivity index is -0.00000149. The molecule has 0 aromatic heterocycles. The minimum Gasteiger partial charge on any atom is -0.346 e. The van der Waals surface area contributed by atoms with E-state index in [9.17, 15) is 24.0 Å². The molecule has 10 nitrogen and oxygen atoms in total. The van der Waals surface area contributed by atoms with Gasteiger partial charge in [-0.2, -0.15) is 0 Å². The fourth-order valence-corrected chi connectivity index (χ4v) is 3.50. The van der Waals surface area contributed by atoms with Crippen molar-refractivity contribution in [1.82, 2.24) is 26.2 Å². The molecule has 0 saturated carbocycles. The Hall–Kier alpha value is -3.35. The van der Waals surface area contributed by atoms with Gasteiger partial charge in [-0.1, -0.05) is 87.7 Å². The molecule has 3 unspecified atom stereocenters. The van der Waals surface area contributed by atoms with Crippen LogP contribution < -0.4 is 21.3 Å². The highest BCUT2D eigenvalue weighted by molar-refractivity contribution is 6.38. The summed E-state index contributed by atoms with van der Waals surface area (Å²) in [6.07, 6.45) is 11.9. The molecule has 1 aliphatic rings. The number of nitrogens with one attached hydrogen (secondary N) is 4. The Morgan fingerprint density at radius 2 is 1.60 bits per heavy atom. The third-order valence-corrected chi connectivity index (χ3v) is 5.80. The molecule has 1 rings (SSSR count). The van der Waals surface area contributed by atoms with Crippen LogP contribution in [0.5, 0.6) is 0 Å². The van der Waals surface area contributed by atoms with Gasteiger partial charge in [0.15, 0.2) is 0 Å². The molecule has 1 fully saturated rings.